The van der Waals surface area contributed by atoms with Gasteiger partial charge in [-0.3, -0.25) is 4.99 Å². The van der Waals surface area contributed by atoms with Crippen molar-refractivity contribution in [2.75, 3.05) is 13.6 Å². The fraction of sp³-hybridized carbons (Fsp3) is 0.444. The number of benzene rings is 1. The Hall–Kier alpha value is -1.57. The molecular weight excluding hydrogens is 415 g/mol. The zero-order valence-electron chi connectivity index (χ0n) is 14.4. The van der Waals surface area contributed by atoms with Gasteiger partial charge in [-0.15, -0.1) is 24.0 Å². The molecule has 3 rings (SSSR count). The summed E-state index contributed by atoms with van der Waals surface area (Å²) in [6, 6.07) is 10.7. The van der Waals surface area contributed by atoms with Crippen molar-refractivity contribution < 1.29 is 4.42 Å². The molecule has 0 atom stereocenters. The first-order valence-electron chi connectivity index (χ1n) is 8.06. The largest absolute Gasteiger partial charge is 0.444 e. The number of hydrogen-bond donors (Lipinski definition) is 2. The molecule has 0 radical (unpaired) electrons. The van der Waals surface area contributed by atoms with Crippen LogP contribution in [0, 0.1) is 13.8 Å². The van der Waals surface area contributed by atoms with Gasteiger partial charge in [0.25, 0.3) is 0 Å². The molecule has 1 aromatic carbocycles. The Bertz CT molecular complexity index is 673. The third-order valence-electron chi connectivity index (χ3n) is 4.54. The molecule has 2 N–H and O–H groups in total. The third-order valence-corrected chi connectivity index (χ3v) is 4.54. The predicted molar refractivity (Wildman–Crippen MR) is 107 cm³/mol. The first-order valence-corrected chi connectivity index (χ1v) is 8.06. The van der Waals surface area contributed by atoms with E-state index in [1.54, 1.807) is 7.05 Å². The highest BCUT2D eigenvalue weighted by Crippen LogP contribution is 2.47. The number of oxazole rings is 1. The fourth-order valence-electron chi connectivity index (χ4n) is 2.76. The Labute approximate surface area is 160 Å². The smallest absolute Gasteiger partial charge is 0.214 e. The van der Waals surface area contributed by atoms with Crippen LogP contribution in [0.5, 0.6) is 0 Å². The molecule has 0 aliphatic heterocycles. The Balaban J connectivity index is 0.00000208. The van der Waals surface area contributed by atoms with E-state index >= 15 is 0 Å². The summed E-state index contributed by atoms with van der Waals surface area (Å²) in [5.74, 6) is 2.33. The summed E-state index contributed by atoms with van der Waals surface area (Å²) in [5, 5.41) is 6.69. The minimum atomic E-state index is 0. The van der Waals surface area contributed by atoms with E-state index in [1.165, 1.54) is 18.4 Å². The summed E-state index contributed by atoms with van der Waals surface area (Å²) in [7, 11) is 1.78. The highest BCUT2D eigenvalue weighted by molar-refractivity contribution is 14.0. The minimum Gasteiger partial charge on any atom is -0.444 e. The van der Waals surface area contributed by atoms with Crippen LogP contribution >= 0.6 is 24.0 Å². The topological polar surface area (TPSA) is 62.5 Å². The van der Waals surface area contributed by atoms with Gasteiger partial charge >= 0.3 is 0 Å². The van der Waals surface area contributed by atoms with Crippen LogP contribution in [-0.2, 0) is 12.0 Å². The van der Waals surface area contributed by atoms with Crippen LogP contribution in [0.15, 0.2) is 39.7 Å². The van der Waals surface area contributed by atoms with Crippen molar-refractivity contribution in [3.8, 4) is 0 Å². The number of nitrogens with zero attached hydrogens (tertiary/aromatic N) is 2. The van der Waals surface area contributed by atoms with Gasteiger partial charge in [-0.25, -0.2) is 4.98 Å². The maximum absolute atomic E-state index is 5.58. The quantitative estimate of drug-likeness (QED) is 0.426. The maximum Gasteiger partial charge on any atom is 0.214 e. The molecule has 1 aliphatic rings. The standard InChI is InChI=1S/C18H24N4O.HI/c1-13-14(2)23-16(22-13)11-20-17(19-3)21-12-18(9-10-18)15-7-5-4-6-8-15;/h4-8H,9-12H2,1-3H3,(H2,19,20,21);1H. The molecule has 0 unspecified atom stereocenters. The summed E-state index contributed by atoms with van der Waals surface area (Å²) < 4.78 is 5.58. The lowest BCUT2D eigenvalue weighted by Gasteiger charge is -2.18. The van der Waals surface area contributed by atoms with Crippen LogP contribution in [0.2, 0.25) is 0 Å². The van der Waals surface area contributed by atoms with Crippen LogP contribution in [0.4, 0.5) is 0 Å². The first kappa shape index (κ1) is 18.8. The molecule has 6 heteroatoms. The molecule has 0 amide bonds. The van der Waals surface area contributed by atoms with Crippen LogP contribution in [0.25, 0.3) is 0 Å². The highest BCUT2D eigenvalue weighted by Gasteiger charge is 2.43. The van der Waals surface area contributed by atoms with Gasteiger partial charge in [-0.2, -0.15) is 0 Å². The number of rotatable bonds is 5. The highest BCUT2D eigenvalue weighted by atomic mass is 127. The second kappa shape index (κ2) is 8.00. The molecule has 0 spiro atoms. The molecule has 130 valence electrons. The summed E-state index contributed by atoms with van der Waals surface area (Å²) in [6.45, 7) is 5.30. The summed E-state index contributed by atoms with van der Waals surface area (Å²) in [4.78, 5) is 8.66. The normalized spacial score (nSPS) is 15.5. The van der Waals surface area contributed by atoms with E-state index in [0.29, 0.717) is 12.4 Å². The van der Waals surface area contributed by atoms with E-state index in [4.69, 9.17) is 4.42 Å². The molecule has 0 bridgehead atoms. The summed E-state index contributed by atoms with van der Waals surface area (Å²) >= 11 is 0. The minimum absolute atomic E-state index is 0. The molecule has 1 aliphatic carbocycles. The summed E-state index contributed by atoms with van der Waals surface area (Å²) in [5.41, 5.74) is 2.60. The van der Waals surface area contributed by atoms with E-state index in [-0.39, 0.29) is 29.4 Å². The van der Waals surface area contributed by atoms with Gasteiger partial charge in [0.15, 0.2) is 5.96 Å². The third kappa shape index (κ3) is 4.28. The van der Waals surface area contributed by atoms with Crippen molar-refractivity contribution in [2.24, 2.45) is 4.99 Å². The Morgan fingerprint density at radius 3 is 2.46 bits per heavy atom. The van der Waals surface area contributed by atoms with Crippen LogP contribution in [-0.4, -0.2) is 24.5 Å². The van der Waals surface area contributed by atoms with E-state index in [9.17, 15) is 0 Å². The van der Waals surface area contributed by atoms with Gasteiger partial charge < -0.3 is 15.1 Å². The SMILES string of the molecule is CN=C(NCc1nc(C)c(C)o1)NCC1(c2ccccc2)CC1.I. The Morgan fingerprint density at radius 2 is 1.92 bits per heavy atom. The van der Waals surface area contributed by atoms with E-state index < -0.39 is 0 Å². The van der Waals surface area contributed by atoms with Gasteiger partial charge in [0.2, 0.25) is 5.89 Å². The van der Waals surface area contributed by atoms with Crippen molar-refractivity contribution in [1.82, 2.24) is 15.6 Å². The number of aryl methyl sites for hydroxylation is 2. The number of halogens is 1. The van der Waals surface area contributed by atoms with Gasteiger partial charge in [0.1, 0.15) is 5.76 Å². The van der Waals surface area contributed by atoms with Crippen LogP contribution in [0.3, 0.4) is 0 Å². The fourth-order valence-corrected chi connectivity index (χ4v) is 2.76. The van der Waals surface area contributed by atoms with Crippen molar-refractivity contribution in [1.29, 1.82) is 0 Å². The zero-order chi connectivity index (χ0) is 16.3. The summed E-state index contributed by atoms with van der Waals surface area (Å²) in [6.07, 6.45) is 2.44. The number of aromatic nitrogens is 1. The van der Waals surface area contributed by atoms with E-state index in [0.717, 1.165) is 24.0 Å². The average Bonchev–Trinajstić information content (AvgIpc) is 3.30. The predicted octanol–water partition coefficient (Wildman–Crippen LogP) is 3.31. The van der Waals surface area contributed by atoms with Crippen LogP contribution in [0.1, 0.15) is 35.7 Å². The van der Waals surface area contributed by atoms with Crippen molar-refractivity contribution in [3.63, 3.8) is 0 Å². The lowest BCUT2D eigenvalue weighted by molar-refractivity contribution is 0.463. The lowest BCUT2D eigenvalue weighted by Crippen LogP contribution is -2.40. The van der Waals surface area contributed by atoms with Crippen molar-refractivity contribution in [2.45, 2.75) is 38.6 Å². The second-order valence-corrected chi connectivity index (χ2v) is 6.17. The maximum atomic E-state index is 5.58. The van der Waals surface area contributed by atoms with E-state index in [1.807, 2.05) is 13.8 Å². The molecule has 24 heavy (non-hydrogen) atoms. The molecule has 2 aromatic rings. The number of nitrogens with one attached hydrogen (secondary N) is 2. The molecule has 1 aromatic heterocycles. The molecule has 5 nitrogen and oxygen atoms in total. The van der Waals surface area contributed by atoms with Crippen molar-refractivity contribution in [3.05, 3.63) is 53.2 Å². The monoisotopic (exact) mass is 440 g/mol. The van der Waals surface area contributed by atoms with Gasteiger partial charge in [-0.1, -0.05) is 30.3 Å². The molecule has 1 fully saturated rings. The number of aliphatic imine (C=N–C) groups is 1. The molecular formula is C18H25IN4O. The van der Waals surface area contributed by atoms with Gasteiger partial charge in [0.05, 0.1) is 12.2 Å². The molecule has 1 heterocycles. The van der Waals surface area contributed by atoms with Gasteiger partial charge in [-0.05, 0) is 32.3 Å². The van der Waals surface area contributed by atoms with Gasteiger partial charge in [0, 0.05) is 19.0 Å². The average molecular weight is 440 g/mol. The number of guanidine groups is 1. The molecule has 1 saturated carbocycles. The van der Waals surface area contributed by atoms with Crippen molar-refractivity contribution >= 4 is 29.9 Å². The van der Waals surface area contributed by atoms with Crippen LogP contribution < -0.4 is 10.6 Å². The Kier molecular flexibility index (Phi) is 6.26. The zero-order valence-corrected chi connectivity index (χ0v) is 16.8. The number of hydrogen-bond acceptors (Lipinski definition) is 3. The first-order chi connectivity index (χ1) is 11.1. The second-order valence-electron chi connectivity index (χ2n) is 6.17. The lowest BCUT2D eigenvalue weighted by atomic mass is 9.96. The molecule has 0 saturated heterocycles. The van der Waals surface area contributed by atoms with E-state index in [2.05, 4.69) is 50.9 Å². The Morgan fingerprint density at radius 1 is 1.21 bits per heavy atom.